The summed E-state index contributed by atoms with van der Waals surface area (Å²) in [6.07, 6.45) is 1.16. The van der Waals surface area contributed by atoms with E-state index in [1.165, 1.54) is 0 Å². The maximum Gasteiger partial charge on any atom is 0.326 e. The van der Waals surface area contributed by atoms with Crippen LogP contribution in [0.4, 0.5) is 0 Å². The van der Waals surface area contributed by atoms with E-state index < -0.39 is 12.0 Å². The summed E-state index contributed by atoms with van der Waals surface area (Å²) in [6, 6.07) is 14.6. The zero-order valence-electron chi connectivity index (χ0n) is 14.1. The van der Waals surface area contributed by atoms with Crippen molar-refractivity contribution in [2.24, 2.45) is 0 Å². The molecule has 4 heteroatoms. The molecule has 0 heterocycles. The number of hydrogen-bond acceptors (Lipinski definition) is 2. The molecule has 2 aromatic rings. The molecule has 0 unspecified atom stereocenters. The summed E-state index contributed by atoms with van der Waals surface area (Å²) >= 11 is 0. The van der Waals surface area contributed by atoms with E-state index in [2.05, 4.69) is 5.32 Å². The van der Waals surface area contributed by atoms with Crippen molar-refractivity contribution in [1.29, 1.82) is 0 Å². The summed E-state index contributed by atoms with van der Waals surface area (Å²) < 4.78 is 0. The average molecular weight is 325 g/mol. The van der Waals surface area contributed by atoms with Crippen LogP contribution in [0.3, 0.4) is 0 Å². The first-order chi connectivity index (χ1) is 11.5. The van der Waals surface area contributed by atoms with Gasteiger partial charge in [0.2, 0.25) is 5.91 Å². The van der Waals surface area contributed by atoms with Gasteiger partial charge in [-0.3, -0.25) is 4.79 Å². The Kier molecular flexibility index (Phi) is 6.13. The number of hydrogen-bond donors (Lipinski definition) is 2. The number of amides is 1. The molecule has 126 valence electrons. The molecule has 1 atom stereocenters. The summed E-state index contributed by atoms with van der Waals surface area (Å²) in [5.41, 5.74) is 4.26. The lowest BCUT2D eigenvalue weighted by molar-refractivity contribution is -0.141. The quantitative estimate of drug-likeness (QED) is 0.822. The second-order valence-electron chi connectivity index (χ2n) is 6.07. The molecular weight excluding hydrogens is 302 g/mol. The highest BCUT2D eigenvalue weighted by Gasteiger charge is 2.20. The third-order valence-electron chi connectivity index (χ3n) is 4.13. The number of carboxylic acid groups (broad SMARTS) is 1. The summed E-state index contributed by atoms with van der Waals surface area (Å²) in [4.78, 5) is 23.5. The van der Waals surface area contributed by atoms with E-state index in [1.54, 1.807) is 0 Å². The molecule has 0 spiro atoms. The molecule has 2 rings (SSSR count). The summed E-state index contributed by atoms with van der Waals surface area (Å²) in [7, 11) is 0. The van der Waals surface area contributed by atoms with Crippen LogP contribution in [0.2, 0.25) is 0 Å². The van der Waals surface area contributed by atoms with Gasteiger partial charge in [0.25, 0.3) is 0 Å². The molecule has 0 aromatic heterocycles. The summed E-state index contributed by atoms with van der Waals surface area (Å²) in [5, 5.41) is 12.0. The van der Waals surface area contributed by atoms with E-state index in [9.17, 15) is 14.7 Å². The van der Waals surface area contributed by atoms with Crippen LogP contribution in [-0.2, 0) is 22.4 Å². The van der Waals surface area contributed by atoms with E-state index in [1.807, 2.05) is 62.4 Å². The van der Waals surface area contributed by atoms with Gasteiger partial charge in [0.15, 0.2) is 0 Å². The SMILES string of the molecule is Cc1ccc(C[C@@H](NC(=O)CCc2ccccc2)C(=O)O)cc1C. The highest BCUT2D eigenvalue weighted by molar-refractivity contribution is 5.83. The van der Waals surface area contributed by atoms with Crippen molar-refractivity contribution < 1.29 is 14.7 Å². The van der Waals surface area contributed by atoms with Crippen molar-refractivity contribution >= 4 is 11.9 Å². The van der Waals surface area contributed by atoms with Crippen molar-refractivity contribution in [3.05, 3.63) is 70.8 Å². The standard InChI is InChI=1S/C20H23NO3/c1-14-8-9-17(12-15(14)2)13-18(20(23)24)21-19(22)11-10-16-6-4-3-5-7-16/h3-9,12,18H,10-11,13H2,1-2H3,(H,21,22)(H,23,24)/t18-/m1/s1. The Morgan fingerprint density at radius 1 is 1.00 bits per heavy atom. The Balaban J connectivity index is 1.93. The van der Waals surface area contributed by atoms with Crippen LogP contribution >= 0.6 is 0 Å². The minimum Gasteiger partial charge on any atom is -0.480 e. The molecule has 2 aromatic carbocycles. The lowest BCUT2D eigenvalue weighted by Gasteiger charge is -2.15. The molecule has 0 aliphatic rings. The van der Waals surface area contributed by atoms with Crippen molar-refractivity contribution in [3.63, 3.8) is 0 Å². The van der Waals surface area contributed by atoms with Gasteiger partial charge in [0, 0.05) is 12.8 Å². The summed E-state index contributed by atoms with van der Waals surface area (Å²) in [5.74, 6) is -1.25. The number of carbonyl (C=O) groups excluding carboxylic acids is 1. The number of aryl methyl sites for hydroxylation is 3. The van der Waals surface area contributed by atoms with E-state index in [0.29, 0.717) is 6.42 Å². The fraction of sp³-hybridized carbons (Fsp3) is 0.300. The van der Waals surface area contributed by atoms with Crippen LogP contribution in [0.15, 0.2) is 48.5 Å². The average Bonchev–Trinajstić information content (AvgIpc) is 2.56. The largest absolute Gasteiger partial charge is 0.480 e. The molecule has 24 heavy (non-hydrogen) atoms. The van der Waals surface area contributed by atoms with Crippen molar-refractivity contribution in [3.8, 4) is 0 Å². The number of aliphatic carboxylic acids is 1. The maximum atomic E-state index is 12.1. The third-order valence-corrected chi connectivity index (χ3v) is 4.13. The topological polar surface area (TPSA) is 66.4 Å². The van der Waals surface area contributed by atoms with E-state index in [-0.39, 0.29) is 18.7 Å². The van der Waals surface area contributed by atoms with E-state index in [4.69, 9.17) is 0 Å². The Hall–Kier alpha value is -2.62. The molecule has 0 radical (unpaired) electrons. The fourth-order valence-corrected chi connectivity index (χ4v) is 2.54. The predicted molar refractivity (Wildman–Crippen MR) is 93.9 cm³/mol. The second-order valence-corrected chi connectivity index (χ2v) is 6.07. The van der Waals surface area contributed by atoms with Crippen molar-refractivity contribution in [1.82, 2.24) is 5.32 Å². The van der Waals surface area contributed by atoms with E-state index >= 15 is 0 Å². The predicted octanol–water partition coefficient (Wildman–Crippen LogP) is 3.05. The molecule has 0 aliphatic carbocycles. The van der Waals surface area contributed by atoms with E-state index in [0.717, 1.165) is 22.3 Å². The number of carbonyl (C=O) groups is 2. The van der Waals surface area contributed by atoms with Gasteiger partial charge in [-0.1, -0.05) is 48.5 Å². The molecule has 0 saturated heterocycles. The molecule has 1 amide bonds. The van der Waals surface area contributed by atoms with Crippen molar-refractivity contribution in [2.45, 2.75) is 39.2 Å². The Labute approximate surface area is 142 Å². The van der Waals surface area contributed by atoms with Gasteiger partial charge in [0.1, 0.15) is 6.04 Å². The molecule has 4 nitrogen and oxygen atoms in total. The molecular formula is C20H23NO3. The summed E-state index contributed by atoms with van der Waals surface area (Å²) in [6.45, 7) is 4.01. The molecule has 0 bridgehead atoms. The number of benzene rings is 2. The molecule has 0 aliphatic heterocycles. The molecule has 0 fully saturated rings. The third kappa shape index (κ3) is 5.23. The zero-order valence-corrected chi connectivity index (χ0v) is 14.1. The van der Waals surface area contributed by atoms with Gasteiger partial charge in [-0.15, -0.1) is 0 Å². The van der Waals surface area contributed by atoms with Gasteiger partial charge >= 0.3 is 5.97 Å². The number of nitrogens with one attached hydrogen (secondary N) is 1. The Morgan fingerprint density at radius 2 is 1.71 bits per heavy atom. The highest BCUT2D eigenvalue weighted by Crippen LogP contribution is 2.12. The lowest BCUT2D eigenvalue weighted by Crippen LogP contribution is -2.42. The molecule has 2 N–H and O–H groups in total. The smallest absolute Gasteiger partial charge is 0.326 e. The van der Waals surface area contributed by atoms with Crippen LogP contribution in [0.1, 0.15) is 28.7 Å². The first-order valence-electron chi connectivity index (χ1n) is 8.08. The first-order valence-corrected chi connectivity index (χ1v) is 8.08. The first kappa shape index (κ1) is 17.7. The number of carboxylic acids is 1. The fourth-order valence-electron chi connectivity index (χ4n) is 2.54. The van der Waals surface area contributed by atoms with Crippen LogP contribution in [0, 0.1) is 13.8 Å². The second kappa shape index (κ2) is 8.29. The Morgan fingerprint density at radius 3 is 2.33 bits per heavy atom. The Bertz CT molecular complexity index is 710. The van der Waals surface area contributed by atoms with Gasteiger partial charge in [0.05, 0.1) is 0 Å². The van der Waals surface area contributed by atoms with Gasteiger partial charge in [-0.2, -0.15) is 0 Å². The van der Waals surface area contributed by atoms with Gasteiger partial charge < -0.3 is 10.4 Å². The van der Waals surface area contributed by atoms with Crippen LogP contribution in [0.25, 0.3) is 0 Å². The minimum absolute atomic E-state index is 0.241. The minimum atomic E-state index is -1.01. The van der Waals surface area contributed by atoms with Crippen molar-refractivity contribution in [2.75, 3.05) is 0 Å². The molecule has 0 saturated carbocycles. The number of rotatable bonds is 7. The zero-order chi connectivity index (χ0) is 17.5. The maximum absolute atomic E-state index is 12.1. The van der Waals surface area contributed by atoms with Crippen LogP contribution in [-0.4, -0.2) is 23.0 Å². The lowest BCUT2D eigenvalue weighted by atomic mass is 10.0. The van der Waals surface area contributed by atoms with Gasteiger partial charge in [-0.05, 0) is 42.5 Å². The highest BCUT2D eigenvalue weighted by atomic mass is 16.4. The van der Waals surface area contributed by atoms with Gasteiger partial charge in [-0.25, -0.2) is 4.79 Å². The monoisotopic (exact) mass is 325 g/mol. The van der Waals surface area contributed by atoms with Crippen LogP contribution < -0.4 is 5.32 Å². The van der Waals surface area contributed by atoms with Crippen LogP contribution in [0.5, 0.6) is 0 Å². The normalized spacial score (nSPS) is 11.8.